The Morgan fingerprint density at radius 1 is 1.33 bits per heavy atom. The normalized spacial score (nSPS) is 11.5. The Kier molecular flexibility index (Phi) is 3.13. The van der Waals surface area contributed by atoms with Crippen LogP contribution in [0.2, 0.25) is 0 Å². The minimum Gasteiger partial charge on any atom is -0.481 e. The third-order valence-electron chi connectivity index (χ3n) is 2.17. The van der Waals surface area contributed by atoms with Gasteiger partial charge in [0.15, 0.2) is 0 Å². The maximum atomic E-state index is 13.4. The van der Waals surface area contributed by atoms with Crippen molar-refractivity contribution in [3.8, 4) is 0 Å². The SMILES string of the molecule is CC(C)(C(=O)O)c1c(F)cc(Br)cc1F. The second-order valence-electron chi connectivity index (χ2n) is 3.67. The number of carbonyl (C=O) groups is 1. The van der Waals surface area contributed by atoms with Gasteiger partial charge in [0, 0.05) is 10.0 Å². The van der Waals surface area contributed by atoms with Crippen molar-refractivity contribution in [2.24, 2.45) is 0 Å². The van der Waals surface area contributed by atoms with Crippen molar-refractivity contribution in [1.82, 2.24) is 0 Å². The first-order valence-electron chi connectivity index (χ1n) is 4.15. The average molecular weight is 279 g/mol. The number of hydrogen-bond donors (Lipinski definition) is 1. The van der Waals surface area contributed by atoms with Crippen molar-refractivity contribution in [3.05, 3.63) is 33.8 Å². The molecule has 2 nitrogen and oxygen atoms in total. The van der Waals surface area contributed by atoms with E-state index >= 15 is 0 Å². The second-order valence-corrected chi connectivity index (χ2v) is 4.59. The molecule has 82 valence electrons. The van der Waals surface area contributed by atoms with Crippen LogP contribution in [0.4, 0.5) is 8.78 Å². The standard InChI is InChI=1S/C10H9BrF2O2/c1-10(2,9(14)15)8-6(12)3-5(11)4-7(8)13/h3-4H,1-2H3,(H,14,15). The van der Waals surface area contributed by atoms with Crippen molar-refractivity contribution in [2.45, 2.75) is 19.3 Å². The molecule has 0 heterocycles. The predicted octanol–water partition coefficient (Wildman–Crippen LogP) is 3.09. The van der Waals surface area contributed by atoms with Crippen LogP contribution in [0.3, 0.4) is 0 Å². The summed E-state index contributed by atoms with van der Waals surface area (Å²) in [5.41, 5.74) is -2.02. The van der Waals surface area contributed by atoms with Gasteiger partial charge in [0.25, 0.3) is 0 Å². The summed E-state index contributed by atoms with van der Waals surface area (Å²) in [5, 5.41) is 8.87. The van der Waals surface area contributed by atoms with Crippen LogP contribution in [-0.4, -0.2) is 11.1 Å². The van der Waals surface area contributed by atoms with Gasteiger partial charge < -0.3 is 5.11 Å². The van der Waals surface area contributed by atoms with Crippen LogP contribution < -0.4 is 0 Å². The van der Waals surface area contributed by atoms with E-state index in [-0.39, 0.29) is 4.47 Å². The monoisotopic (exact) mass is 278 g/mol. The lowest BCUT2D eigenvalue weighted by Crippen LogP contribution is -2.31. The van der Waals surface area contributed by atoms with Crippen LogP contribution in [0.5, 0.6) is 0 Å². The molecule has 0 fully saturated rings. The number of carboxylic acids is 1. The first-order chi connectivity index (χ1) is 6.76. The minimum absolute atomic E-state index is 0.238. The highest BCUT2D eigenvalue weighted by atomic mass is 79.9. The molecule has 0 saturated carbocycles. The molecule has 0 saturated heterocycles. The van der Waals surface area contributed by atoms with Crippen LogP contribution in [0.1, 0.15) is 19.4 Å². The number of aliphatic carboxylic acids is 1. The van der Waals surface area contributed by atoms with Gasteiger partial charge in [-0.15, -0.1) is 0 Å². The Balaban J connectivity index is 3.44. The van der Waals surface area contributed by atoms with Crippen molar-refractivity contribution >= 4 is 21.9 Å². The molecule has 0 radical (unpaired) electrons. The summed E-state index contributed by atoms with van der Waals surface area (Å²) in [6.45, 7) is 2.51. The summed E-state index contributed by atoms with van der Waals surface area (Å²) in [4.78, 5) is 10.9. The van der Waals surface area contributed by atoms with Crippen LogP contribution in [0.25, 0.3) is 0 Å². The first kappa shape index (κ1) is 12.1. The molecule has 1 aromatic carbocycles. The van der Waals surface area contributed by atoms with E-state index < -0.39 is 28.6 Å². The van der Waals surface area contributed by atoms with Crippen LogP contribution in [0, 0.1) is 11.6 Å². The summed E-state index contributed by atoms with van der Waals surface area (Å²) in [6.07, 6.45) is 0. The van der Waals surface area contributed by atoms with Gasteiger partial charge in [-0.3, -0.25) is 4.79 Å². The molecule has 0 aliphatic heterocycles. The zero-order chi connectivity index (χ0) is 11.8. The van der Waals surface area contributed by atoms with Gasteiger partial charge in [0.05, 0.1) is 5.41 Å². The third kappa shape index (κ3) is 2.17. The molecular formula is C10H9BrF2O2. The highest BCUT2D eigenvalue weighted by Gasteiger charge is 2.35. The summed E-state index contributed by atoms with van der Waals surface area (Å²) in [6, 6.07) is 2.09. The molecule has 0 unspecified atom stereocenters. The molecule has 1 rings (SSSR count). The van der Waals surface area contributed by atoms with E-state index in [4.69, 9.17) is 5.11 Å². The molecule has 0 atom stereocenters. The van der Waals surface area contributed by atoms with Crippen molar-refractivity contribution in [3.63, 3.8) is 0 Å². The summed E-state index contributed by atoms with van der Waals surface area (Å²) < 4.78 is 27.1. The fourth-order valence-corrected chi connectivity index (χ4v) is 1.65. The predicted molar refractivity (Wildman–Crippen MR) is 54.7 cm³/mol. The van der Waals surface area contributed by atoms with E-state index in [0.29, 0.717) is 0 Å². The highest BCUT2D eigenvalue weighted by molar-refractivity contribution is 9.10. The van der Waals surface area contributed by atoms with Crippen molar-refractivity contribution in [1.29, 1.82) is 0 Å². The molecule has 0 aliphatic carbocycles. The maximum Gasteiger partial charge on any atom is 0.313 e. The Hall–Kier alpha value is -0.970. The smallest absolute Gasteiger partial charge is 0.313 e. The van der Waals surface area contributed by atoms with Gasteiger partial charge in [-0.2, -0.15) is 0 Å². The number of halogens is 3. The molecule has 5 heteroatoms. The fraction of sp³-hybridized carbons (Fsp3) is 0.300. The van der Waals surface area contributed by atoms with Gasteiger partial charge in [-0.25, -0.2) is 8.78 Å². The topological polar surface area (TPSA) is 37.3 Å². The molecule has 0 aromatic heterocycles. The Morgan fingerprint density at radius 2 is 1.73 bits per heavy atom. The van der Waals surface area contributed by atoms with Gasteiger partial charge in [0.1, 0.15) is 11.6 Å². The number of benzene rings is 1. The van der Waals surface area contributed by atoms with Crippen LogP contribution >= 0.6 is 15.9 Å². The number of carboxylic acid groups (broad SMARTS) is 1. The Labute approximate surface area is 94.0 Å². The van der Waals surface area contributed by atoms with E-state index in [1.807, 2.05) is 0 Å². The molecule has 1 aromatic rings. The van der Waals surface area contributed by atoms with E-state index in [1.54, 1.807) is 0 Å². The lowest BCUT2D eigenvalue weighted by Gasteiger charge is -2.21. The van der Waals surface area contributed by atoms with Crippen molar-refractivity contribution in [2.75, 3.05) is 0 Å². The van der Waals surface area contributed by atoms with Crippen LogP contribution in [0.15, 0.2) is 16.6 Å². The summed E-state index contributed by atoms with van der Waals surface area (Å²) >= 11 is 2.92. The van der Waals surface area contributed by atoms with Crippen LogP contribution in [-0.2, 0) is 10.2 Å². The van der Waals surface area contributed by atoms with Gasteiger partial charge >= 0.3 is 5.97 Å². The molecule has 0 amide bonds. The number of rotatable bonds is 2. The largest absolute Gasteiger partial charge is 0.481 e. The van der Waals surface area contributed by atoms with Crippen molar-refractivity contribution < 1.29 is 18.7 Å². The summed E-state index contributed by atoms with van der Waals surface area (Å²) in [7, 11) is 0. The van der Waals surface area contributed by atoms with E-state index in [9.17, 15) is 13.6 Å². The van der Waals surface area contributed by atoms with E-state index in [1.165, 1.54) is 13.8 Å². The first-order valence-corrected chi connectivity index (χ1v) is 4.94. The lowest BCUT2D eigenvalue weighted by molar-refractivity contribution is -0.142. The fourth-order valence-electron chi connectivity index (χ4n) is 1.25. The summed E-state index contributed by atoms with van der Waals surface area (Å²) in [5.74, 6) is -3.01. The van der Waals surface area contributed by atoms with Gasteiger partial charge in [-0.1, -0.05) is 15.9 Å². The quantitative estimate of drug-likeness (QED) is 0.903. The molecule has 15 heavy (non-hydrogen) atoms. The minimum atomic E-state index is -1.59. The second kappa shape index (κ2) is 3.89. The zero-order valence-corrected chi connectivity index (χ0v) is 9.73. The van der Waals surface area contributed by atoms with Gasteiger partial charge in [0.2, 0.25) is 0 Å². The average Bonchev–Trinajstić information content (AvgIpc) is 2.00. The Morgan fingerprint density at radius 3 is 2.07 bits per heavy atom. The third-order valence-corrected chi connectivity index (χ3v) is 2.62. The molecular weight excluding hydrogens is 270 g/mol. The number of hydrogen-bond acceptors (Lipinski definition) is 1. The maximum absolute atomic E-state index is 13.4. The Bertz CT molecular complexity index is 393. The molecule has 0 bridgehead atoms. The molecule has 0 aliphatic rings. The van der Waals surface area contributed by atoms with E-state index in [0.717, 1.165) is 12.1 Å². The highest BCUT2D eigenvalue weighted by Crippen LogP contribution is 2.30. The van der Waals surface area contributed by atoms with Gasteiger partial charge in [-0.05, 0) is 26.0 Å². The lowest BCUT2D eigenvalue weighted by atomic mass is 9.84. The van der Waals surface area contributed by atoms with E-state index in [2.05, 4.69) is 15.9 Å². The molecule has 0 spiro atoms. The molecule has 1 N–H and O–H groups in total. The zero-order valence-electron chi connectivity index (χ0n) is 8.14.